The first kappa shape index (κ1) is 10.5. The number of hydrogen-bond acceptors (Lipinski definition) is 3. The van der Waals surface area contributed by atoms with Crippen molar-refractivity contribution in [1.82, 2.24) is 4.98 Å². The van der Waals surface area contributed by atoms with E-state index in [4.69, 9.17) is 0 Å². The number of nitrogens with zero attached hydrogens (tertiary/aromatic N) is 1. The number of thiazole rings is 1. The molecule has 1 heterocycles. The monoisotopic (exact) mass is 281 g/mol. The van der Waals surface area contributed by atoms with Gasteiger partial charge in [-0.2, -0.15) is 0 Å². The van der Waals surface area contributed by atoms with Crippen molar-refractivity contribution in [2.75, 3.05) is 0 Å². The molecule has 15 heavy (non-hydrogen) atoms. The molecule has 0 amide bonds. The fraction of sp³-hybridized carbons (Fsp3) is 0.0909. The summed E-state index contributed by atoms with van der Waals surface area (Å²) in [7, 11) is 0. The molecule has 1 aromatic heterocycles. The fourth-order valence-corrected chi connectivity index (χ4v) is 2.50. The minimum atomic E-state index is 0.681. The van der Waals surface area contributed by atoms with Gasteiger partial charge in [0.2, 0.25) is 0 Å². The van der Waals surface area contributed by atoms with Crippen molar-refractivity contribution in [2.24, 2.45) is 0 Å². The average molecular weight is 282 g/mol. The van der Waals surface area contributed by atoms with Crippen LogP contribution in [0.25, 0.3) is 0 Å². The largest absolute Gasteiger partial charge is 0.297 e. The standard InChI is InChI=1S/C11H8BrNOS/c12-9-3-1-2-8(4-9)5-11-13-6-10(7-14)15-11/h1-4,6-7H,5H2. The Morgan fingerprint density at radius 1 is 1.47 bits per heavy atom. The average Bonchev–Trinajstić information content (AvgIpc) is 2.65. The smallest absolute Gasteiger partial charge is 0.161 e. The summed E-state index contributed by atoms with van der Waals surface area (Å²) >= 11 is 4.86. The van der Waals surface area contributed by atoms with Crippen molar-refractivity contribution >= 4 is 33.6 Å². The minimum absolute atomic E-state index is 0.681. The van der Waals surface area contributed by atoms with Crippen LogP contribution in [0, 0.1) is 0 Å². The Morgan fingerprint density at radius 3 is 3.00 bits per heavy atom. The van der Waals surface area contributed by atoms with Crippen LogP contribution in [0.5, 0.6) is 0 Å². The fourth-order valence-electron chi connectivity index (χ4n) is 1.28. The van der Waals surface area contributed by atoms with Gasteiger partial charge < -0.3 is 0 Å². The highest BCUT2D eigenvalue weighted by atomic mass is 79.9. The molecule has 0 aliphatic heterocycles. The van der Waals surface area contributed by atoms with Crippen LogP contribution in [0.15, 0.2) is 34.9 Å². The van der Waals surface area contributed by atoms with E-state index in [9.17, 15) is 4.79 Å². The highest BCUT2D eigenvalue weighted by Gasteiger charge is 2.02. The third-order valence-corrected chi connectivity index (χ3v) is 3.35. The molecule has 0 spiro atoms. The van der Waals surface area contributed by atoms with Gasteiger partial charge in [-0.3, -0.25) is 4.79 Å². The Labute approximate surface area is 100 Å². The molecule has 0 atom stereocenters. The molecule has 0 fully saturated rings. The number of hydrogen-bond donors (Lipinski definition) is 0. The van der Waals surface area contributed by atoms with E-state index in [2.05, 4.69) is 27.0 Å². The Kier molecular flexibility index (Phi) is 3.28. The summed E-state index contributed by atoms with van der Waals surface area (Å²) in [5, 5.41) is 0.968. The molecule has 76 valence electrons. The maximum absolute atomic E-state index is 10.5. The van der Waals surface area contributed by atoms with Crippen LogP contribution in [-0.2, 0) is 6.42 Å². The van der Waals surface area contributed by atoms with Crippen LogP contribution >= 0.6 is 27.3 Å². The first-order valence-corrected chi connectivity index (χ1v) is 6.03. The number of carbonyl (C=O) groups is 1. The van der Waals surface area contributed by atoms with Gasteiger partial charge in [0.05, 0.1) is 9.88 Å². The topological polar surface area (TPSA) is 30.0 Å². The summed E-state index contributed by atoms with van der Waals surface area (Å²) in [6.07, 6.45) is 3.23. The van der Waals surface area contributed by atoms with Gasteiger partial charge >= 0.3 is 0 Å². The van der Waals surface area contributed by atoms with E-state index in [1.807, 2.05) is 18.2 Å². The van der Waals surface area contributed by atoms with Crippen molar-refractivity contribution in [3.8, 4) is 0 Å². The lowest BCUT2D eigenvalue weighted by atomic mass is 10.2. The lowest BCUT2D eigenvalue weighted by Crippen LogP contribution is -1.85. The molecule has 1 aromatic carbocycles. The summed E-state index contributed by atoms with van der Waals surface area (Å²) < 4.78 is 1.06. The molecule has 0 N–H and O–H groups in total. The second kappa shape index (κ2) is 4.68. The SMILES string of the molecule is O=Cc1cnc(Cc2cccc(Br)c2)s1. The van der Waals surface area contributed by atoms with Crippen LogP contribution in [0.3, 0.4) is 0 Å². The quantitative estimate of drug-likeness (QED) is 0.808. The van der Waals surface area contributed by atoms with Crippen molar-refractivity contribution < 1.29 is 4.79 Å². The van der Waals surface area contributed by atoms with Crippen LogP contribution in [0.1, 0.15) is 20.2 Å². The highest BCUT2D eigenvalue weighted by Crippen LogP contribution is 2.18. The van der Waals surface area contributed by atoms with Crippen molar-refractivity contribution in [3.63, 3.8) is 0 Å². The molecule has 2 nitrogen and oxygen atoms in total. The van der Waals surface area contributed by atoms with E-state index in [-0.39, 0.29) is 0 Å². The van der Waals surface area contributed by atoms with E-state index in [1.54, 1.807) is 6.20 Å². The van der Waals surface area contributed by atoms with Crippen LogP contribution < -0.4 is 0 Å². The molecule has 0 bridgehead atoms. The molecular weight excluding hydrogens is 274 g/mol. The minimum Gasteiger partial charge on any atom is -0.297 e. The number of aldehydes is 1. The van der Waals surface area contributed by atoms with Gasteiger partial charge in [-0.15, -0.1) is 11.3 Å². The number of benzene rings is 1. The van der Waals surface area contributed by atoms with Crippen LogP contribution in [0.4, 0.5) is 0 Å². The third kappa shape index (κ3) is 2.73. The predicted octanol–water partition coefficient (Wildman–Crippen LogP) is 3.31. The zero-order chi connectivity index (χ0) is 10.7. The van der Waals surface area contributed by atoms with Gasteiger partial charge in [-0.05, 0) is 17.7 Å². The van der Waals surface area contributed by atoms with E-state index >= 15 is 0 Å². The molecule has 2 rings (SSSR count). The normalized spacial score (nSPS) is 10.2. The molecule has 0 saturated carbocycles. The Hall–Kier alpha value is -1.000. The van der Waals surface area contributed by atoms with E-state index in [1.165, 1.54) is 16.9 Å². The van der Waals surface area contributed by atoms with Gasteiger partial charge in [0, 0.05) is 17.1 Å². The molecule has 0 aliphatic rings. The number of carbonyl (C=O) groups excluding carboxylic acids is 1. The van der Waals surface area contributed by atoms with Gasteiger partial charge in [-0.25, -0.2) is 4.98 Å². The van der Waals surface area contributed by atoms with Crippen LogP contribution in [-0.4, -0.2) is 11.3 Å². The Balaban J connectivity index is 2.18. The van der Waals surface area contributed by atoms with E-state index in [0.29, 0.717) is 4.88 Å². The second-order valence-corrected chi connectivity index (χ2v) is 5.14. The lowest BCUT2D eigenvalue weighted by molar-refractivity contribution is 0.112. The van der Waals surface area contributed by atoms with Gasteiger partial charge in [0.15, 0.2) is 6.29 Å². The molecule has 0 aliphatic carbocycles. The lowest BCUT2D eigenvalue weighted by Gasteiger charge is -1.97. The van der Waals surface area contributed by atoms with Gasteiger partial charge in [0.1, 0.15) is 0 Å². The van der Waals surface area contributed by atoms with Crippen molar-refractivity contribution in [3.05, 3.63) is 50.4 Å². The zero-order valence-corrected chi connectivity index (χ0v) is 10.2. The second-order valence-electron chi connectivity index (χ2n) is 3.08. The third-order valence-electron chi connectivity index (χ3n) is 1.93. The number of rotatable bonds is 3. The van der Waals surface area contributed by atoms with E-state index < -0.39 is 0 Å². The maximum atomic E-state index is 10.5. The number of aromatic nitrogens is 1. The number of halogens is 1. The summed E-state index contributed by atoms with van der Waals surface area (Å²) in [6.45, 7) is 0. The highest BCUT2D eigenvalue weighted by molar-refractivity contribution is 9.10. The van der Waals surface area contributed by atoms with Crippen molar-refractivity contribution in [2.45, 2.75) is 6.42 Å². The van der Waals surface area contributed by atoms with Crippen LogP contribution in [0.2, 0.25) is 0 Å². The Bertz CT molecular complexity index is 481. The zero-order valence-electron chi connectivity index (χ0n) is 7.81. The summed E-state index contributed by atoms with van der Waals surface area (Å²) in [5.74, 6) is 0. The molecular formula is C11H8BrNOS. The Morgan fingerprint density at radius 2 is 2.33 bits per heavy atom. The van der Waals surface area contributed by atoms with Crippen molar-refractivity contribution in [1.29, 1.82) is 0 Å². The first-order chi connectivity index (χ1) is 7.28. The summed E-state index contributed by atoms with van der Waals surface area (Å²) in [5.41, 5.74) is 1.19. The summed E-state index contributed by atoms with van der Waals surface area (Å²) in [6, 6.07) is 8.09. The summed E-state index contributed by atoms with van der Waals surface area (Å²) in [4.78, 5) is 15.4. The maximum Gasteiger partial charge on any atom is 0.161 e. The molecule has 2 aromatic rings. The molecule has 0 radical (unpaired) electrons. The first-order valence-electron chi connectivity index (χ1n) is 4.42. The van der Waals surface area contributed by atoms with Gasteiger partial charge in [-0.1, -0.05) is 28.1 Å². The molecule has 4 heteroatoms. The van der Waals surface area contributed by atoms with E-state index in [0.717, 1.165) is 22.2 Å². The van der Waals surface area contributed by atoms with Gasteiger partial charge in [0.25, 0.3) is 0 Å². The predicted molar refractivity (Wildman–Crippen MR) is 64.4 cm³/mol. The molecule has 0 saturated heterocycles. The molecule has 0 unspecified atom stereocenters.